The fourth-order valence-corrected chi connectivity index (χ4v) is 3.26. The molecule has 0 aliphatic heterocycles. The molecule has 1 heterocycles. The predicted octanol–water partition coefficient (Wildman–Crippen LogP) is 5.88. The number of amides is 1. The molecule has 4 aromatic rings. The van der Waals surface area contributed by atoms with Crippen molar-refractivity contribution in [2.24, 2.45) is 5.10 Å². The Morgan fingerprint density at radius 3 is 2.55 bits per heavy atom. The number of phenols is 1. The molecule has 144 valence electrons. The van der Waals surface area contributed by atoms with Crippen molar-refractivity contribution in [3.63, 3.8) is 0 Å². The maximum atomic E-state index is 12.4. The predicted molar refractivity (Wildman–Crippen MR) is 115 cm³/mol. The fraction of sp³-hybridized carbons (Fsp3) is 0. The Labute approximate surface area is 176 Å². The lowest BCUT2D eigenvalue weighted by Gasteiger charge is -2.05. The standard InChI is InChI=1S/C22H14Cl2N2O3/c23-15-5-7-19(24)17(11-15)21-8-6-16(29-21)12-25-26-22(28)18-9-13-3-1-2-4-14(13)10-20(18)27/h1-12,27H,(H,26,28)/b25-12-. The molecular formula is C22H14Cl2N2O3. The number of carbonyl (C=O) groups is 1. The topological polar surface area (TPSA) is 74.8 Å². The third-order valence-electron chi connectivity index (χ3n) is 4.29. The van der Waals surface area contributed by atoms with Gasteiger partial charge in [-0.25, -0.2) is 5.43 Å². The Balaban J connectivity index is 1.50. The molecule has 3 aromatic carbocycles. The number of hydrazone groups is 1. The fourth-order valence-electron chi connectivity index (χ4n) is 2.88. The monoisotopic (exact) mass is 424 g/mol. The zero-order valence-corrected chi connectivity index (χ0v) is 16.4. The molecule has 0 fully saturated rings. The number of furan rings is 1. The molecule has 1 amide bonds. The van der Waals surface area contributed by atoms with E-state index in [0.717, 1.165) is 10.8 Å². The van der Waals surface area contributed by atoms with Crippen molar-refractivity contribution in [1.82, 2.24) is 5.43 Å². The van der Waals surface area contributed by atoms with E-state index in [9.17, 15) is 9.90 Å². The third kappa shape index (κ3) is 4.11. The van der Waals surface area contributed by atoms with Crippen molar-refractivity contribution in [1.29, 1.82) is 0 Å². The van der Waals surface area contributed by atoms with Crippen molar-refractivity contribution >= 4 is 46.1 Å². The molecule has 4 rings (SSSR count). The number of phenolic OH excluding ortho intramolecular Hbond substituents is 1. The van der Waals surface area contributed by atoms with Gasteiger partial charge in [0.25, 0.3) is 5.91 Å². The summed E-state index contributed by atoms with van der Waals surface area (Å²) in [5, 5.41) is 16.7. The minimum absolute atomic E-state index is 0.118. The van der Waals surface area contributed by atoms with Crippen LogP contribution in [0, 0.1) is 0 Å². The molecule has 5 nitrogen and oxygen atoms in total. The first-order chi connectivity index (χ1) is 14.0. The van der Waals surface area contributed by atoms with E-state index in [1.165, 1.54) is 6.21 Å². The van der Waals surface area contributed by atoms with Crippen LogP contribution in [0.3, 0.4) is 0 Å². The van der Waals surface area contributed by atoms with Gasteiger partial charge in [0.1, 0.15) is 17.3 Å². The van der Waals surface area contributed by atoms with Crippen LogP contribution in [0.15, 0.2) is 76.2 Å². The molecule has 2 N–H and O–H groups in total. The van der Waals surface area contributed by atoms with Gasteiger partial charge >= 0.3 is 0 Å². The van der Waals surface area contributed by atoms with E-state index in [1.54, 1.807) is 42.5 Å². The molecular weight excluding hydrogens is 411 g/mol. The molecule has 0 spiro atoms. The molecule has 29 heavy (non-hydrogen) atoms. The van der Waals surface area contributed by atoms with E-state index >= 15 is 0 Å². The average molecular weight is 425 g/mol. The van der Waals surface area contributed by atoms with Crippen LogP contribution in [0.25, 0.3) is 22.1 Å². The van der Waals surface area contributed by atoms with Gasteiger partial charge in [-0.3, -0.25) is 4.79 Å². The Morgan fingerprint density at radius 1 is 1.00 bits per heavy atom. The summed E-state index contributed by atoms with van der Waals surface area (Å²) in [7, 11) is 0. The molecule has 0 bridgehead atoms. The van der Waals surface area contributed by atoms with Gasteiger partial charge in [0, 0.05) is 10.6 Å². The van der Waals surface area contributed by atoms with Crippen LogP contribution >= 0.6 is 23.2 Å². The van der Waals surface area contributed by atoms with Gasteiger partial charge in [0.15, 0.2) is 0 Å². The maximum absolute atomic E-state index is 12.4. The van der Waals surface area contributed by atoms with Crippen LogP contribution in [-0.2, 0) is 0 Å². The van der Waals surface area contributed by atoms with Crippen molar-refractivity contribution in [3.05, 3.63) is 88.1 Å². The highest BCUT2D eigenvalue weighted by atomic mass is 35.5. The lowest BCUT2D eigenvalue weighted by Crippen LogP contribution is -2.17. The van der Waals surface area contributed by atoms with E-state index in [-0.39, 0.29) is 11.3 Å². The van der Waals surface area contributed by atoms with Gasteiger partial charge in [-0.15, -0.1) is 0 Å². The van der Waals surface area contributed by atoms with Crippen LogP contribution < -0.4 is 5.43 Å². The van der Waals surface area contributed by atoms with E-state index in [2.05, 4.69) is 10.5 Å². The summed E-state index contributed by atoms with van der Waals surface area (Å²) in [6, 6.07) is 19.1. The molecule has 0 saturated carbocycles. The molecule has 7 heteroatoms. The quantitative estimate of drug-likeness (QED) is 0.317. The lowest BCUT2D eigenvalue weighted by molar-refractivity contribution is 0.0952. The first-order valence-corrected chi connectivity index (χ1v) is 9.37. The van der Waals surface area contributed by atoms with Gasteiger partial charge in [-0.1, -0.05) is 47.5 Å². The summed E-state index contributed by atoms with van der Waals surface area (Å²) in [5.41, 5.74) is 3.17. The normalized spacial score (nSPS) is 11.2. The van der Waals surface area contributed by atoms with E-state index < -0.39 is 5.91 Å². The number of halogens is 2. The summed E-state index contributed by atoms with van der Waals surface area (Å²) in [6.45, 7) is 0. The first kappa shape index (κ1) is 19.1. The second-order valence-corrected chi connectivity index (χ2v) is 7.09. The number of aromatic hydroxyl groups is 1. The number of carbonyl (C=O) groups excluding carboxylic acids is 1. The summed E-state index contributed by atoms with van der Waals surface area (Å²) in [5.74, 6) is 0.290. The van der Waals surface area contributed by atoms with Crippen LogP contribution in [0.1, 0.15) is 16.1 Å². The molecule has 0 radical (unpaired) electrons. The number of rotatable bonds is 4. The Hall–Kier alpha value is -3.28. The second kappa shape index (κ2) is 7.99. The molecule has 0 unspecified atom stereocenters. The number of hydrogen-bond donors (Lipinski definition) is 2. The number of hydrogen-bond acceptors (Lipinski definition) is 4. The van der Waals surface area contributed by atoms with Crippen LogP contribution in [-0.4, -0.2) is 17.2 Å². The highest BCUT2D eigenvalue weighted by molar-refractivity contribution is 6.35. The van der Waals surface area contributed by atoms with Crippen LogP contribution in [0.4, 0.5) is 0 Å². The highest BCUT2D eigenvalue weighted by Crippen LogP contribution is 2.31. The summed E-state index contributed by atoms with van der Waals surface area (Å²) < 4.78 is 5.68. The van der Waals surface area contributed by atoms with E-state index in [4.69, 9.17) is 27.6 Å². The largest absolute Gasteiger partial charge is 0.507 e. The Kier molecular flexibility index (Phi) is 5.25. The average Bonchev–Trinajstić information content (AvgIpc) is 3.18. The minimum atomic E-state index is -0.533. The Morgan fingerprint density at radius 2 is 1.76 bits per heavy atom. The molecule has 1 aromatic heterocycles. The lowest BCUT2D eigenvalue weighted by atomic mass is 10.1. The van der Waals surface area contributed by atoms with Gasteiger partial charge in [-0.2, -0.15) is 5.10 Å². The SMILES string of the molecule is O=C(N/N=C\c1ccc(-c2cc(Cl)ccc2Cl)o1)c1cc2ccccc2cc1O. The van der Waals surface area contributed by atoms with Crippen molar-refractivity contribution in [2.75, 3.05) is 0 Å². The van der Waals surface area contributed by atoms with Gasteiger partial charge in [0.2, 0.25) is 0 Å². The number of fused-ring (bicyclic) bond motifs is 1. The smallest absolute Gasteiger partial charge is 0.275 e. The van der Waals surface area contributed by atoms with Crippen molar-refractivity contribution < 1.29 is 14.3 Å². The van der Waals surface area contributed by atoms with Crippen molar-refractivity contribution in [3.8, 4) is 17.1 Å². The summed E-state index contributed by atoms with van der Waals surface area (Å²) in [6.07, 6.45) is 1.36. The summed E-state index contributed by atoms with van der Waals surface area (Å²) >= 11 is 12.2. The molecule has 0 saturated heterocycles. The highest BCUT2D eigenvalue weighted by Gasteiger charge is 2.12. The minimum Gasteiger partial charge on any atom is -0.507 e. The second-order valence-electron chi connectivity index (χ2n) is 6.24. The maximum Gasteiger partial charge on any atom is 0.275 e. The molecule has 0 atom stereocenters. The van der Waals surface area contributed by atoms with Gasteiger partial charge < -0.3 is 9.52 Å². The number of nitrogens with one attached hydrogen (secondary N) is 1. The van der Waals surface area contributed by atoms with Crippen LogP contribution in [0.5, 0.6) is 5.75 Å². The van der Waals surface area contributed by atoms with E-state index in [1.807, 2.05) is 24.3 Å². The number of benzene rings is 3. The van der Waals surface area contributed by atoms with Crippen LogP contribution in [0.2, 0.25) is 10.0 Å². The summed E-state index contributed by atoms with van der Waals surface area (Å²) in [4.78, 5) is 12.4. The van der Waals surface area contributed by atoms with Crippen molar-refractivity contribution in [2.45, 2.75) is 0 Å². The van der Waals surface area contributed by atoms with Gasteiger partial charge in [-0.05, 0) is 53.2 Å². The molecule has 0 aliphatic rings. The zero-order chi connectivity index (χ0) is 20.4. The number of nitrogens with zero attached hydrogens (tertiary/aromatic N) is 1. The first-order valence-electron chi connectivity index (χ1n) is 8.62. The third-order valence-corrected chi connectivity index (χ3v) is 4.85. The molecule has 0 aliphatic carbocycles. The zero-order valence-electron chi connectivity index (χ0n) is 14.9. The Bertz CT molecular complexity index is 1250. The van der Waals surface area contributed by atoms with Gasteiger partial charge in [0.05, 0.1) is 16.8 Å². The van der Waals surface area contributed by atoms with E-state index in [0.29, 0.717) is 27.1 Å².